The second-order valence-corrected chi connectivity index (χ2v) is 18.4. The van der Waals surface area contributed by atoms with Crippen LogP contribution < -0.4 is 28.4 Å². The summed E-state index contributed by atoms with van der Waals surface area (Å²) in [5.74, 6) is 3.43. The van der Waals surface area contributed by atoms with E-state index in [1.807, 2.05) is 36.4 Å². The van der Waals surface area contributed by atoms with Crippen LogP contribution in [0.15, 0.2) is 155 Å². The Hall–Kier alpha value is -7.50. The number of rotatable bonds is 54. The zero-order chi connectivity index (χ0) is 59.6. The molecule has 0 amide bonds. The van der Waals surface area contributed by atoms with E-state index in [1.54, 1.807) is 18.2 Å². The van der Waals surface area contributed by atoms with Crippen LogP contribution >= 0.6 is 0 Å². The van der Waals surface area contributed by atoms with Crippen LogP contribution in [0.25, 0.3) is 35.4 Å². The Bertz CT molecular complexity index is 2530. The third kappa shape index (κ3) is 29.7. The van der Waals surface area contributed by atoms with Crippen LogP contribution in [0, 0.1) is 0 Å². The number of ether oxygens (including phenoxy) is 8. The number of benzene rings is 4. The van der Waals surface area contributed by atoms with E-state index in [0.29, 0.717) is 159 Å². The molecule has 0 unspecified atom stereocenters. The molecule has 0 saturated carbocycles. The third-order valence-electron chi connectivity index (χ3n) is 11.8. The molecule has 0 aliphatic heterocycles. The van der Waals surface area contributed by atoms with Crippen molar-refractivity contribution in [3.05, 3.63) is 177 Å². The second kappa shape index (κ2) is 46.9. The summed E-state index contributed by atoms with van der Waals surface area (Å²) < 4.78 is 49.3. The Kier molecular flexibility index (Phi) is 38.5. The monoisotopic (exact) mass is 1160 g/mol. The molecular formula is C68H88O16. The fourth-order valence-corrected chi connectivity index (χ4v) is 7.56. The first kappa shape index (κ1) is 69.0. The van der Waals surface area contributed by atoms with Gasteiger partial charge in [-0.2, -0.15) is 4.89 Å². The van der Waals surface area contributed by atoms with Crippen LogP contribution in [0.3, 0.4) is 0 Å². The smallest absolute Gasteiger partial charge is 0.204 e. The summed E-state index contributed by atoms with van der Waals surface area (Å²) in [6, 6.07) is 24.7. The van der Waals surface area contributed by atoms with Crippen molar-refractivity contribution in [2.24, 2.45) is 0 Å². The molecule has 16 heteroatoms. The van der Waals surface area contributed by atoms with Gasteiger partial charge in [-0.25, -0.2) is 29.3 Å². The normalized spacial score (nSPS) is 11.0. The molecule has 4 aromatic carbocycles. The van der Waals surface area contributed by atoms with Gasteiger partial charge in [-0.3, -0.25) is 0 Å². The maximum Gasteiger partial charge on any atom is 0.204 e. The highest BCUT2D eigenvalue weighted by Crippen LogP contribution is 2.43. The van der Waals surface area contributed by atoms with Crippen molar-refractivity contribution < 1.29 is 77.0 Å². The molecule has 4 rings (SSSR count). The molecule has 4 aromatic rings. The van der Waals surface area contributed by atoms with E-state index in [2.05, 4.69) is 106 Å². The van der Waals surface area contributed by atoms with E-state index in [0.717, 1.165) is 84.7 Å². The lowest BCUT2D eigenvalue weighted by molar-refractivity contribution is -0.286. The van der Waals surface area contributed by atoms with Crippen molar-refractivity contribution >= 4 is 24.3 Å². The first-order chi connectivity index (χ1) is 41.6. The Labute approximate surface area is 498 Å². The fourth-order valence-electron chi connectivity index (χ4n) is 7.56. The zero-order valence-electron chi connectivity index (χ0n) is 49.1. The molecule has 0 spiro atoms. The molecule has 0 bridgehead atoms. The Morgan fingerprint density at radius 3 is 1.01 bits per heavy atom. The van der Waals surface area contributed by atoms with Gasteiger partial charge in [0.25, 0.3) is 0 Å². The molecular weight excluding hydrogens is 1070 g/mol. The topological polar surface area (TPSA) is 148 Å². The first-order valence-electron chi connectivity index (χ1n) is 28.9. The van der Waals surface area contributed by atoms with Gasteiger partial charge >= 0.3 is 0 Å². The predicted octanol–water partition coefficient (Wildman–Crippen LogP) is 15.6. The second-order valence-electron chi connectivity index (χ2n) is 18.4. The van der Waals surface area contributed by atoms with E-state index in [1.165, 1.54) is 18.8 Å². The summed E-state index contributed by atoms with van der Waals surface area (Å²) in [5.41, 5.74) is 8.34. The van der Waals surface area contributed by atoms with Gasteiger partial charge in [-0.05, 0) is 124 Å². The Morgan fingerprint density at radius 1 is 0.321 bits per heavy atom. The zero-order valence-corrected chi connectivity index (χ0v) is 49.1. The van der Waals surface area contributed by atoms with Gasteiger partial charge in [0.2, 0.25) is 11.5 Å². The van der Waals surface area contributed by atoms with E-state index in [-0.39, 0.29) is 0 Å². The molecule has 0 aliphatic carbocycles. The van der Waals surface area contributed by atoms with Gasteiger partial charge in [0.05, 0.1) is 91.8 Å². The molecule has 0 aromatic heterocycles. The van der Waals surface area contributed by atoms with Crippen molar-refractivity contribution in [3.63, 3.8) is 0 Å². The molecule has 0 heterocycles. The predicted molar refractivity (Wildman–Crippen MR) is 330 cm³/mol. The summed E-state index contributed by atoms with van der Waals surface area (Å²) in [7, 11) is 0. The third-order valence-corrected chi connectivity index (χ3v) is 11.8. The van der Waals surface area contributed by atoms with Crippen molar-refractivity contribution in [2.75, 3.05) is 99.1 Å². The van der Waals surface area contributed by atoms with Crippen molar-refractivity contribution in [3.8, 4) is 45.6 Å². The fraction of sp³-hybridized carbons (Fsp3) is 0.397. The van der Waals surface area contributed by atoms with Crippen LogP contribution in [-0.2, 0) is 48.6 Å². The molecule has 0 N–H and O–H groups in total. The van der Waals surface area contributed by atoms with E-state index in [4.69, 9.17) is 77.0 Å². The summed E-state index contributed by atoms with van der Waals surface area (Å²) in [6.45, 7) is 28.0. The van der Waals surface area contributed by atoms with Crippen molar-refractivity contribution in [2.45, 2.75) is 77.0 Å². The maximum atomic E-state index is 6.54. The highest BCUT2D eigenvalue weighted by Gasteiger charge is 2.20. The van der Waals surface area contributed by atoms with E-state index >= 15 is 0 Å². The molecule has 0 radical (unpaired) electrons. The number of hydrogen-bond donors (Lipinski definition) is 0. The highest BCUT2D eigenvalue weighted by molar-refractivity contribution is 5.78. The summed E-state index contributed by atoms with van der Waals surface area (Å²) in [6.07, 6.45) is 26.2. The van der Waals surface area contributed by atoms with Gasteiger partial charge in [0.15, 0.2) is 29.3 Å². The molecule has 0 fully saturated rings. The van der Waals surface area contributed by atoms with Crippen LogP contribution in [-0.4, -0.2) is 99.1 Å². The average Bonchev–Trinajstić information content (AvgIpc) is 3.58. The van der Waals surface area contributed by atoms with Gasteiger partial charge in [-0.15, -0.1) is 19.7 Å². The quantitative estimate of drug-likeness (QED) is 0.00784. The molecule has 16 nitrogen and oxygen atoms in total. The van der Waals surface area contributed by atoms with E-state index < -0.39 is 0 Å². The van der Waals surface area contributed by atoms with Crippen LogP contribution in [0.5, 0.6) is 34.5 Å². The lowest BCUT2D eigenvalue weighted by atomic mass is 10.0. The summed E-state index contributed by atoms with van der Waals surface area (Å²) in [5, 5.41) is 0. The Balaban J connectivity index is 1.55. The highest BCUT2D eigenvalue weighted by atomic mass is 17.2. The molecule has 0 saturated heterocycles. The minimum Gasteiger partial charge on any atom is -0.502 e. The van der Waals surface area contributed by atoms with Gasteiger partial charge in [0, 0.05) is 11.1 Å². The lowest BCUT2D eigenvalue weighted by Gasteiger charge is -2.19. The molecule has 456 valence electrons. The number of unbranched alkanes of at least 4 members (excludes halogenated alkanes) is 6. The molecule has 0 aliphatic rings. The summed E-state index contributed by atoms with van der Waals surface area (Å²) in [4.78, 5) is 41.0. The number of hydrogen-bond acceptors (Lipinski definition) is 16. The standard InChI is InChI=1S/C68H88O16/c1-7-41-77-81-53-21-17-48-72-64-40-38-62(66(74-50-19-23-55-83-79-43-9-3)68(64)76-52-20-24-56-84-80-44-10-4)36-30-58-27-33-60(34-28-58)59-31-25-57(26-32-59)29-35-61-37-39-63(71-47-15-13-45-69-11-5)67(75-51-16-14-46-70-12-6)65(61)73-49-18-22-54-82-78-42-8-2/h7-8,10-12,25-40,43H,1-6,13-24,41-42,44-56H2/b35-29+,36-30+. The van der Waals surface area contributed by atoms with Gasteiger partial charge in [0.1, 0.15) is 19.8 Å². The van der Waals surface area contributed by atoms with E-state index in [9.17, 15) is 0 Å². The molecule has 0 atom stereocenters. The Morgan fingerprint density at radius 2 is 0.655 bits per heavy atom. The maximum absolute atomic E-state index is 6.54. The first-order valence-corrected chi connectivity index (χ1v) is 28.9. The largest absolute Gasteiger partial charge is 0.502 e. The van der Waals surface area contributed by atoms with Gasteiger partial charge < -0.3 is 42.8 Å². The van der Waals surface area contributed by atoms with Crippen molar-refractivity contribution in [1.29, 1.82) is 0 Å². The molecule has 84 heavy (non-hydrogen) atoms. The average molecular weight is 1160 g/mol. The SMILES string of the molecule is C=C=COOCCCCOc1c(/C=C/c2ccc(-c3ccc(/C=C/c4ccc(OCCCCOC=C)c(OCCCCOC=C)c4OCCCCOOCC=C)cc3)cc2)ccc(OCCCCOOCC=C)c1OCCCCOOCC=C. The lowest BCUT2D eigenvalue weighted by Crippen LogP contribution is -2.08. The minimum atomic E-state index is 0.317. The van der Waals surface area contributed by atoms with Crippen LogP contribution in [0.2, 0.25) is 0 Å². The van der Waals surface area contributed by atoms with Crippen LogP contribution in [0.4, 0.5) is 0 Å². The minimum absolute atomic E-state index is 0.317. The van der Waals surface area contributed by atoms with Crippen molar-refractivity contribution in [1.82, 2.24) is 0 Å². The van der Waals surface area contributed by atoms with Crippen LogP contribution in [0.1, 0.15) is 99.3 Å². The summed E-state index contributed by atoms with van der Waals surface area (Å²) >= 11 is 0. The van der Waals surface area contributed by atoms with Gasteiger partial charge in [-0.1, -0.05) is 117 Å².